The van der Waals surface area contributed by atoms with Crippen LogP contribution in [0.3, 0.4) is 0 Å². The second-order valence-electron chi connectivity index (χ2n) is 6.32. The Kier molecular flexibility index (Phi) is 5.37. The van der Waals surface area contributed by atoms with Gasteiger partial charge >= 0.3 is 5.97 Å². The number of hydrogen-bond acceptors (Lipinski definition) is 4. The molecule has 0 saturated carbocycles. The summed E-state index contributed by atoms with van der Waals surface area (Å²) < 4.78 is 4.89. The topological polar surface area (TPSA) is 58.6 Å². The number of para-hydroxylation sites is 1. The van der Waals surface area contributed by atoms with Gasteiger partial charge in [-0.1, -0.05) is 36.4 Å². The summed E-state index contributed by atoms with van der Waals surface area (Å²) in [4.78, 5) is 26.7. The lowest BCUT2D eigenvalue weighted by molar-refractivity contribution is -0.142. The number of nitrogens with one attached hydrogen (secondary N) is 1. The van der Waals surface area contributed by atoms with Gasteiger partial charge in [-0.05, 0) is 35.8 Å². The SMILES string of the molecule is COC(=O)[C@H](CC1=CN(C)c2ccccc2C1)NC(=O)c1ccccc1. The van der Waals surface area contributed by atoms with Crippen LogP contribution in [0, 0.1) is 0 Å². The molecule has 2 aromatic rings. The Balaban J connectivity index is 1.75. The summed E-state index contributed by atoms with van der Waals surface area (Å²) >= 11 is 0. The third-order valence-electron chi connectivity index (χ3n) is 4.46. The molecule has 26 heavy (non-hydrogen) atoms. The van der Waals surface area contributed by atoms with Gasteiger partial charge in [0.15, 0.2) is 0 Å². The molecule has 1 aliphatic rings. The zero-order valence-electron chi connectivity index (χ0n) is 14.9. The van der Waals surface area contributed by atoms with Crippen molar-refractivity contribution in [1.82, 2.24) is 5.32 Å². The molecule has 1 N–H and O–H groups in total. The minimum Gasteiger partial charge on any atom is -0.467 e. The molecule has 1 amide bonds. The maximum absolute atomic E-state index is 12.4. The molecule has 1 aliphatic heterocycles. The fourth-order valence-corrected chi connectivity index (χ4v) is 3.19. The lowest BCUT2D eigenvalue weighted by atomic mass is 9.95. The standard InChI is InChI=1S/C21H22N2O3/c1-23-14-15(12-17-10-6-7-11-19(17)23)13-18(21(25)26-2)22-20(24)16-8-4-3-5-9-16/h3-11,14,18H,12-13H2,1-2H3,(H,22,24)/t18-/m0/s1. The summed E-state index contributed by atoms with van der Waals surface area (Å²) in [5.74, 6) is -0.733. The first-order valence-electron chi connectivity index (χ1n) is 8.52. The van der Waals surface area contributed by atoms with Gasteiger partial charge in [-0.25, -0.2) is 4.79 Å². The van der Waals surface area contributed by atoms with Crippen LogP contribution in [0.2, 0.25) is 0 Å². The van der Waals surface area contributed by atoms with Crippen LogP contribution >= 0.6 is 0 Å². The maximum Gasteiger partial charge on any atom is 0.328 e. The average Bonchev–Trinajstić information content (AvgIpc) is 2.67. The lowest BCUT2D eigenvalue weighted by Gasteiger charge is -2.27. The van der Waals surface area contributed by atoms with E-state index in [1.54, 1.807) is 24.3 Å². The lowest BCUT2D eigenvalue weighted by Crippen LogP contribution is -2.42. The van der Waals surface area contributed by atoms with Gasteiger partial charge in [-0.15, -0.1) is 0 Å². The molecule has 0 bridgehead atoms. The van der Waals surface area contributed by atoms with E-state index >= 15 is 0 Å². The summed E-state index contributed by atoms with van der Waals surface area (Å²) in [7, 11) is 3.31. The molecular formula is C21H22N2O3. The summed E-state index contributed by atoms with van der Waals surface area (Å²) in [6.45, 7) is 0. The highest BCUT2D eigenvalue weighted by atomic mass is 16.5. The first kappa shape index (κ1) is 17.7. The monoisotopic (exact) mass is 350 g/mol. The minimum atomic E-state index is -0.724. The van der Waals surface area contributed by atoms with Crippen molar-refractivity contribution in [2.75, 3.05) is 19.1 Å². The van der Waals surface area contributed by atoms with Crippen LogP contribution in [0.15, 0.2) is 66.4 Å². The zero-order chi connectivity index (χ0) is 18.5. The number of anilines is 1. The maximum atomic E-state index is 12.4. The zero-order valence-corrected chi connectivity index (χ0v) is 14.9. The van der Waals surface area contributed by atoms with Crippen LogP contribution in [-0.2, 0) is 16.0 Å². The number of esters is 1. The number of fused-ring (bicyclic) bond motifs is 1. The van der Waals surface area contributed by atoms with Gasteiger partial charge in [0, 0.05) is 30.9 Å². The quantitative estimate of drug-likeness (QED) is 0.843. The third kappa shape index (κ3) is 3.94. The largest absolute Gasteiger partial charge is 0.467 e. The first-order valence-corrected chi connectivity index (χ1v) is 8.52. The molecule has 0 aromatic heterocycles. The van der Waals surface area contributed by atoms with Crippen molar-refractivity contribution in [3.05, 3.63) is 77.5 Å². The van der Waals surface area contributed by atoms with Crippen molar-refractivity contribution < 1.29 is 14.3 Å². The minimum absolute atomic E-state index is 0.286. The molecule has 2 aromatic carbocycles. The van der Waals surface area contributed by atoms with Crippen LogP contribution in [-0.4, -0.2) is 32.1 Å². The molecule has 0 fully saturated rings. The Bertz CT molecular complexity index is 830. The smallest absolute Gasteiger partial charge is 0.328 e. The van der Waals surface area contributed by atoms with E-state index in [2.05, 4.69) is 17.4 Å². The average molecular weight is 350 g/mol. The van der Waals surface area contributed by atoms with Crippen molar-refractivity contribution in [2.45, 2.75) is 18.9 Å². The van der Waals surface area contributed by atoms with E-state index < -0.39 is 12.0 Å². The highest BCUT2D eigenvalue weighted by Gasteiger charge is 2.25. The van der Waals surface area contributed by atoms with E-state index in [9.17, 15) is 9.59 Å². The molecule has 0 radical (unpaired) electrons. The first-order chi connectivity index (χ1) is 12.6. The van der Waals surface area contributed by atoms with Crippen LogP contribution in [0.1, 0.15) is 22.3 Å². The molecule has 0 unspecified atom stereocenters. The molecule has 0 spiro atoms. The summed E-state index contributed by atoms with van der Waals surface area (Å²) in [6.07, 6.45) is 3.17. The van der Waals surface area contributed by atoms with Crippen LogP contribution in [0.5, 0.6) is 0 Å². The van der Waals surface area contributed by atoms with Gasteiger partial charge in [0.2, 0.25) is 0 Å². The Morgan fingerprint density at radius 3 is 2.54 bits per heavy atom. The van der Waals surface area contributed by atoms with Crippen molar-refractivity contribution in [3.8, 4) is 0 Å². The number of amides is 1. The third-order valence-corrected chi connectivity index (χ3v) is 4.46. The summed E-state index contributed by atoms with van der Waals surface area (Å²) in [6, 6.07) is 16.3. The summed E-state index contributed by atoms with van der Waals surface area (Å²) in [5.41, 5.74) is 3.93. The van der Waals surface area contributed by atoms with Gasteiger partial charge in [-0.2, -0.15) is 0 Å². The number of benzene rings is 2. The van der Waals surface area contributed by atoms with Crippen molar-refractivity contribution >= 4 is 17.6 Å². The number of nitrogens with zero attached hydrogens (tertiary/aromatic N) is 1. The number of ether oxygens (including phenoxy) is 1. The molecule has 134 valence electrons. The fourth-order valence-electron chi connectivity index (χ4n) is 3.19. The van der Waals surface area contributed by atoms with Crippen LogP contribution in [0.25, 0.3) is 0 Å². The Morgan fingerprint density at radius 1 is 1.12 bits per heavy atom. The van der Waals surface area contributed by atoms with Gasteiger partial charge in [0.05, 0.1) is 7.11 Å². The highest BCUT2D eigenvalue weighted by Crippen LogP contribution is 2.29. The summed E-state index contributed by atoms with van der Waals surface area (Å²) in [5, 5.41) is 2.80. The molecule has 5 heteroatoms. The second-order valence-corrected chi connectivity index (χ2v) is 6.32. The van der Waals surface area contributed by atoms with Gasteiger partial charge < -0.3 is 15.0 Å². The Hall–Kier alpha value is -3.08. The predicted molar refractivity (Wildman–Crippen MR) is 101 cm³/mol. The molecule has 3 rings (SSSR count). The molecular weight excluding hydrogens is 328 g/mol. The molecule has 1 heterocycles. The number of rotatable bonds is 5. The number of carbonyl (C=O) groups excluding carboxylic acids is 2. The van der Waals surface area contributed by atoms with E-state index in [0.29, 0.717) is 12.0 Å². The van der Waals surface area contributed by atoms with Gasteiger partial charge in [-0.3, -0.25) is 4.79 Å². The number of methoxy groups -OCH3 is 1. The Morgan fingerprint density at radius 2 is 1.81 bits per heavy atom. The van der Waals surface area contributed by atoms with Crippen molar-refractivity contribution in [1.29, 1.82) is 0 Å². The second kappa shape index (κ2) is 7.87. The fraction of sp³-hybridized carbons (Fsp3) is 0.238. The van der Waals surface area contributed by atoms with E-state index in [1.165, 1.54) is 12.7 Å². The van der Waals surface area contributed by atoms with E-state index in [-0.39, 0.29) is 5.91 Å². The molecule has 0 saturated heterocycles. The van der Waals surface area contributed by atoms with E-state index in [1.807, 2.05) is 36.3 Å². The van der Waals surface area contributed by atoms with Crippen molar-refractivity contribution in [3.63, 3.8) is 0 Å². The molecule has 1 atom stereocenters. The van der Waals surface area contributed by atoms with Crippen LogP contribution < -0.4 is 10.2 Å². The molecule has 5 nitrogen and oxygen atoms in total. The van der Waals surface area contributed by atoms with E-state index in [4.69, 9.17) is 4.74 Å². The van der Waals surface area contributed by atoms with Gasteiger partial charge in [0.25, 0.3) is 5.91 Å². The molecule has 0 aliphatic carbocycles. The van der Waals surface area contributed by atoms with Gasteiger partial charge in [0.1, 0.15) is 6.04 Å². The highest BCUT2D eigenvalue weighted by molar-refractivity contribution is 5.96. The van der Waals surface area contributed by atoms with Crippen molar-refractivity contribution in [2.24, 2.45) is 0 Å². The normalized spacial score (nSPS) is 14.1. The van der Waals surface area contributed by atoms with Crippen LogP contribution in [0.4, 0.5) is 5.69 Å². The number of hydrogen-bond donors (Lipinski definition) is 1. The predicted octanol–water partition coefficient (Wildman–Crippen LogP) is 2.92. The Labute approximate surface area is 153 Å². The van der Waals surface area contributed by atoms with E-state index in [0.717, 1.165) is 17.7 Å². The number of carbonyl (C=O) groups is 2.